The van der Waals surface area contributed by atoms with Crippen LogP contribution < -0.4 is 16.2 Å². The van der Waals surface area contributed by atoms with Crippen LogP contribution in [-0.2, 0) is 11.8 Å². The van der Waals surface area contributed by atoms with Gasteiger partial charge >= 0.3 is 0 Å². The fourth-order valence-corrected chi connectivity index (χ4v) is 2.18. The first-order valence-corrected chi connectivity index (χ1v) is 6.15. The lowest BCUT2D eigenvalue weighted by Crippen LogP contribution is -2.44. The molecule has 0 aromatic carbocycles. The molecule has 0 radical (unpaired) electrons. The third-order valence-corrected chi connectivity index (χ3v) is 3.46. The van der Waals surface area contributed by atoms with Crippen molar-refractivity contribution in [3.05, 3.63) is 21.0 Å². The van der Waals surface area contributed by atoms with Gasteiger partial charge in [0, 0.05) is 13.6 Å². The molecule has 1 amide bonds. The van der Waals surface area contributed by atoms with Crippen LogP contribution in [0.2, 0.25) is 0 Å². The molecule has 0 aliphatic carbocycles. The van der Waals surface area contributed by atoms with E-state index in [1.165, 1.54) is 10.9 Å². The number of halogens is 1. The van der Waals surface area contributed by atoms with Gasteiger partial charge in [0.2, 0.25) is 5.91 Å². The van der Waals surface area contributed by atoms with E-state index in [2.05, 4.69) is 31.7 Å². The molecule has 0 saturated carbocycles. The van der Waals surface area contributed by atoms with Gasteiger partial charge in [0.15, 0.2) is 0 Å². The SMILES string of the molecule is Cn1ncc(NC2CCCNC2=O)c(Br)c1=O. The Hall–Kier alpha value is -1.37. The highest BCUT2D eigenvalue weighted by Gasteiger charge is 2.22. The smallest absolute Gasteiger partial charge is 0.282 e. The summed E-state index contributed by atoms with van der Waals surface area (Å²) < 4.78 is 1.63. The summed E-state index contributed by atoms with van der Waals surface area (Å²) in [6.45, 7) is 0.715. The molecule has 0 spiro atoms. The Morgan fingerprint density at radius 3 is 3.06 bits per heavy atom. The standard InChI is InChI=1S/C10H13BrN4O2/c1-15-10(17)8(11)7(5-13-15)14-6-3-2-4-12-9(6)16/h5-6,14H,2-4H2,1H3,(H,12,16). The average molecular weight is 301 g/mol. The van der Waals surface area contributed by atoms with Gasteiger partial charge in [0.25, 0.3) is 5.56 Å². The normalized spacial score (nSPS) is 19.9. The number of hydrogen-bond donors (Lipinski definition) is 2. The third kappa shape index (κ3) is 2.49. The van der Waals surface area contributed by atoms with Gasteiger partial charge in [-0.15, -0.1) is 0 Å². The second kappa shape index (κ2) is 4.87. The zero-order chi connectivity index (χ0) is 12.4. The minimum atomic E-state index is -0.297. The van der Waals surface area contributed by atoms with E-state index in [1.807, 2.05) is 0 Å². The molecular formula is C10H13BrN4O2. The molecule has 92 valence electrons. The maximum absolute atomic E-state index is 11.6. The first kappa shape index (κ1) is 12.1. The summed E-state index contributed by atoms with van der Waals surface area (Å²) in [7, 11) is 1.57. The summed E-state index contributed by atoms with van der Waals surface area (Å²) in [6, 6.07) is -0.297. The van der Waals surface area contributed by atoms with Crippen LogP contribution in [0.25, 0.3) is 0 Å². The highest BCUT2D eigenvalue weighted by Crippen LogP contribution is 2.19. The number of nitrogens with one attached hydrogen (secondary N) is 2. The summed E-state index contributed by atoms with van der Waals surface area (Å²) in [4.78, 5) is 23.2. The van der Waals surface area contributed by atoms with Crippen LogP contribution in [0.15, 0.2) is 15.5 Å². The van der Waals surface area contributed by atoms with Crippen molar-refractivity contribution in [2.24, 2.45) is 7.05 Å². The van der Waals surface area contributed by atoms with Gasteiger partial charge in [-0.25, -0.2) is 4.68 Å². The molecular weight excluding hydrogens is 288 g/mol. The number of nitrogens with zero attached hydrogens (tertiary/aromatic N) is 2. The number of piperidine rings is 1. The zero-order valence-corrected chi connectivity index (χ0v) is 11.0. The number of carbonyl (C=O) groups excluding carboxylic acids is 1. The van der Waals surface area contributed by atoms with E-state index in [0.29, 0.717) is 16.7 Å². The topological polar surface area (TPSA) is 76.0 Å². The fourth-order valence-electron chi connectivity index (χ4n) is 1.71. The number of amides is 1. The molecule has 1 atom stereocenters. The monoisotopic (exact) mass is 300 g/mol. The van der Waals surface area contributed by atoms with Crippen LogP contribution in [0.5, 0.6) is 0 Å². The lowest BCUT2D eigenvalue weighted by molar-refractivity contribution is -0.123. The van der Waals surface area contributed by atoms with Crippen molar-refractivity contribution in [2.45, 2.75) is 18.9 Å². The van der Waals surface area contributed by atoms with Crippen molar-refractivity contribution < 1.29 is 4.79 Å². The van der Waals surface area contributed by atoms with Gasteiger partial charge < -0.3 is 10.6 Å². The summed E-state index contributed by atoms with van der Waals surface area (Å²) in [5, 5.41) is 9.72. The summed E-state index contributed by atoms with van der Waals surface area (Å²) in [5.41, 5.74) is 0.321. The highest BCUT2D eigenvalue weighted by atomic mass is 79.9. The minimum absolute atomic E-state index is 0.0381. The molecule has 2 N–H and O–H groups in total. The van der Waals surface area contributed by atoms with Crippen molar-refractivity contribution in [1.82, 2.24) is 15.1 Å². The second-order valence-corrected chi connectivity index (χ2v) is 4.72. The van der Waals surface area contributed by atoms with Gasteiger partial charge in [-0.3, -0.25) is 9.59 Å². The highest BCUT2D eigenvalue weighted by molar-refractivity contribution is 9.10. The van der Waals surface area contributed by atoms with E-state index in [4.69, 9.17) is 0 Å². The van der Waals surface area contributed by atoms with Crippen molar-refractivity contribution >= 4 is 27.5 Å². The maximum Gasteiger partial charge on any atom is 0.282 e. The lowest BCUT2D eigenvalue weighted by atomic mass is 10.1. The number of anilines is 1. The van der Waals surface area contributed by atoms with E-state index in [9.17, 15) is 9.59 Å². The number of rotatable bonds is 2. The van der Waals surface area contributed by atoms with Gasteiger partial charge in [0.1, 0.15) is 10.5 Å². The van der Waals surface area contributed by atoms with Crippen molar-refractivity contribution in [2.75, 3.05) is 11.9 Å². The van der Waals surface area contributed by atoms with Crippen molar-refractivity contribution in [3.63, 3.8) is 0 Å². The Morgan fingerprint density at radius 1 is 1.59 bits per heavy atom. The van der Waals surface area contributed by atoms with Gasteiger partial charge in [0.05, 0.1) is 11.9 Å². The molecule has 6 nitrogen and oxygen atoms in total. The molecule has 1 unspecified atom stereocenters. The van der Waals surface area contributed by atoms with Crippen molar-refractivity contribution in [1.29, 1.82) is 0 Å². The number of aromatic nitrogens is 2. The molecule has 2 heterocycles. The number of hydrogen-bond acceptors (Lipinski definition) is 4. The predicted molar refractivity (Wildman–Crippen MR) is 66.8 cm³/mol. The third-order valence-electron chi connectivity index (χ3n) is 2.69. The van der Waals surface area contributed by atoms with Crippen LogP contribution in [0.4, 0.5) is 5.69 Å². The Labute approximate surface area is 107 Å². The van der Waals surface area contributed by atoms with E-state index in [-0.39, 0.29) is 17.5 Å². The van der Waals surface area contributed by atoms with Gasteiger partial charge in [-0.2, -0.15) is 5.10 Å². The molecule has 1 aliphatic rings. The zero-order valence-electron chi connectivity index (χ0n) is 9.36. The van der Waals surface area contributed by atoms with E-state index >= 15 is 0 Å². The number of aryl methyl sites for hydroxylation is 1. The molecule has 17 heavy (non-hydrogen) atoms. The predicted octanol–water partition coefficient (Wildman–Crippen LogP) is 0.233. The maximum atomic E-state index is 11.6. The molecule has 7 heteroatoms. The van der Waals surface area contributed by atoms with E-state index in [1.54, 1.807) is 7.05 Å². The first-order chi connectivity index (χ1) is 8.09. The van der Waals surface area contributed by atoms with Crippen LogP contribution in [0.1, 0.15) is 12.8 Å². The van der Waals surface area contributed by atoms with Crippen LogP contribution in [0, 0.1) is 0 Å². The Kier molecular flexibility index (Phi) is 3.46. The Morgan fingerprint density at radius 2 is 2.35 bits per heavy atom. The first-order valence-electron chi connectivity index (χ1n) is 5.35. The Balaban J connectivity index is 2.21. The molecule has 1 aromatic heterocycles. The van der Waals surface area contributed by atoms with E-state index in [0.717, 1.165) is 12.8 Å². The molecule has 1 saturated heterocycles. The van der Waals surface area contributed by atoms with Crippen LogP contribution in [0.3, 0.4) is 0 Å². The minimum Gasteiger partial charge on any atom is -0.371 e. The quantitative estimate of drug-likeness (QED) is 0.820. The van der Waals surface area contributed by atoms with Gasteiger partial charge in [-0.05, 0) is 28.8 Å². The molecule has 1 fully saturated rings. The summed E-state index contributed by atoms with van der Waals surface area (Å²) >= 11 is 3.21. The summed E-state index contributed by atoms with van der Waals surface area (Å²) in [5.74, 6) is -0.0381. The number of carbonyl (C=O) groups is 1. The fraction of sp³-hybridized carbons (Fsp3) is 0.500. The molecule has 1 aromatic rings. The van der Waals surface area contributed by atoms with Gasteiger partial charge in [-0.1, -0.05) is 0 Å². The van der Waals surface area contributed by atoms with Crippen LogP contribution in [-0.4, -0.2) is 28.3 Å². The molecule has 1 aliphatic heterocycles. The average Bonchev–Trinajstić information content (AvgIpc) is 2.32. The lowest BCUT2D eigenvalue weighted by Gasteiger charge is -2.23. The Bertz CT molecular complexity index is 500. The van der Waals surface area contributed by atoms with Crippen LogP contribution >= 0.6 is 15.9 Å². The van der Waals surface area contributed by atoms with E-state index < -0.39 is 0 Å². The molecule has 2 rings (SSSR count). The summed E-state index contributed by atoms with van der Waals surface area (Å²) in [6.07, 6.45) is 3.22. The second-order valence-electron chi connectivity index (χ2n) is 3.93. The molecule has 0 bridgehead atoms. The largest absolute Gasteiger partial charge is 0.371 e. The van der Waals surface area contributed by atoms with Crippen molar-refractivity contribution in [3.8, 4) is 0 Å².